The van der Waals surface area contributed by atoms with Gasteiger partial charge < -0.3 is 11.1 Å². The molecular weight excluding hydrogens is 590 g/mol. The maximum absolute atomic E-state index is 13.3. The first-order chi connectivity index (χ1) is 20.1. The number of primary amides is 1. The molecule has 2 heterocycles. The minimum absolute atomic E-state index is 0.00267. The summed E-state index contributed by atoms with van der Waals surface area (Å²) < 4.78 is 78.6. The van der Waals surface area contributed by atoms with Crippen molar-refractivity contribution in [3.05, 3.63) is 28.8 Å². The van der Waals surface area contributed by atoms with Gasteiger partial charge in [-0.15, -0.1) is 0 Å². The lowest BCUT2D eigenvalue weighted by Gasteiger charge is -2.35. The molecule has 43 heavy (non-hydrogen) atoms. The number of nitrogens with one attached hydrogen (secondary N) is 1. The number of piperidine rings is 1. The van der Waals surface area contributed by atoms with Gasteiger partial charge in [-0.3, -0.25) is 14.7 Å². The Balaban J connectivity index is 1.33. The minimum atomic E-state index is -4.15. The van der Waals surface area contributed by atoms with E-state index < -0.39 is 40.9 Å². The van der Waals surface area contributed by atoms with Crippen LogP contribution in [0.1, 0.15) is 68.1 Å². The summed E-state index contributed by atoms with van der Waals surface area (Å²) in [5.41, 5.74) is 7.19. The summed E-state index contributed by atoms with van der Waals surface area (Å²) in [6, 6.07) is 2.63. The van der Waals surface area contributed by atoms with E-state index in [2.05, 4.69) is 5.32 Å². The van der Waals surface area contributed by atoms with Crippen LogP contribution >= 0.6 is 0 Å². The highest BCUT2D eigenvalue weighted by molar-refractivity contribution is 7.89. The molecule has 1 spiro atoms. The first-order valence-corrected chi connectivity index (χ1v) is 16.4. The van der Waals surface area contributed by atoms with Gasteiger partial charge in [0, 0.05) is 31.1 Å². The van der Waals surface area contributed by atoms with E-state index in [1.54, 1.807) is 26.0 Å². The fraction of sp³-hybridized carbons (Fsp3) is 0.690. The third kappa shape index (κ3) is 7.86. The Morgan fingerprint density at radius 2 is 1.74 bits per heavy atom. The molecule has 14 heteroatoms. The lowest BCUT2D eigenvalue weighted by atomic mass is 9.79. The minimum Gasteiger partial charge on any atom is -0.351 e. The molecule has 3 amide bonds. The number of aryl methyl sites for hydroxylation is 2. The molecule has 1 aromatic carbocycles. The molecule has 1 saturated heterocycles. The number of carbonyl (C=O) groups excluding carboxylic acids is 2. The molecule has 3 aliphatic rings. The van der Waals surface area contributed by atoms with Gasteiger partial charge in [-0.05, 0) is 100.0 Å². The zero-order chi connectivity index (χ0) is 31.6. The summed E-state index contributed by atoms with van der Waals surface area (Å²) in [4.78, 5) is 30.7. The maximum atomic E-state index is 13.3. The standard InChI is InChI=1S/C29H41F4N5O4S/c1-19-17-23(38(15-12-30)27(34)40)18-20(2)24(19)8-16-43(41,42)37-13-10-28(11-14-37)26(39)35-25(36-28)22-5-3-21(4-6-22)7-9-29(31,32)33/h17-18,21-22H,3-16H2,1-2H3,(H2,34,40)(H,35,36,39). The van der Waals surface area contributed by atoms with E-state index in [0.29, 0.717) is 37.2 Å². The van der Waals surface area contributed by atoms with E-state index in [0.717, 1.165) is 21.6 Å². The lowest BCUT2D eigenvalue weighted by Crippen LogP contribution is -2.51. The van der Waals surface area contributed by atoms with Crippen LogP contribution in [-0.4, -0.2) is 74.3 Å². The van der Waals surface area contributed by atoms with Gasteiger partial charge in [-0.25, -0.2) is 21.9 Å². The van der Waals surface area contributed by atoms with Crippen molar-refractivity contribution < 1.29 is 35.6 Å². The number of halogens is 4. The molecule has 0 radical (unpaired) electrons. The number of rotatable bonds is 10. The van der Waals surface area contributed by atoms with Gasteiger partial charge in [0.15, 0.2) is 0 Å². The number of carbonyl (C=O) groups is 2. The number of hydrogen-bond donors (Lipinski definition) is 2. The molecule has 1 aliphatic carbocycles. The van der Waals surface area contributed by atoms with Gasteiger partial charge in [0.1, 0.15) is 18.0 Å². The largest absolute Gasteiger partial charge is 0.389 e. The first kappa shape index (κ1) is 33.2. The Hall–Kier alpha value is -2.74. The molecule has 4 rings (SSSR count). The summed E-state index contributed by atoms with van der Waals surface area (Å²) in [7, 11) is -3.64. The van der Waals surface area contributed by atoms with Gasteiger partial charge in [0.2, 0.25) is 10.0 Å². The second-order valence-corrected chi connectivity index (χ2v) is 14.1. The van der Waals surface area contributed by atoms with Crippen molar-refractivity contribution in [2.75, 3.05) is 37.0 Å². The second kappa shape index (κ2) is 13.1. The van der Waals surface area contributed by atoms with E-state index in [1.807, 2.05) is 0 Å². The van der Waals surface area contributed by atoms with Crippen LogP contribution in [0.2, 0.25) is 0 Å². The fourth-order valence-corrected chi connectivity index (χ4v) is 8.09. The molecule has 2 fully saturated rings. The maximum Gasteiger partial charge on any atom is 0.389 e. The van der Waals surface area contributed by atoms with Crippen molar-refractivity contribution in [1.82, 2.24) is 9.62 Å². The molecule has 0 aromatic heterocycles. The van der Waals surface area contributed by atoms with Crippen LogP contribution in [0.25, 0.3) is 0 Å². The third-order valence-electron chi connectivity index (χ3n) is 9.19. The lowest BCUT2D eigenvalue weighted by molar-refractivity contribution is -0.138. The number of sulfonamides is 1. The highest BCUT2D eigenvalue weighted by Crippen LogP contribution is 2.38. The molecule has 3 N–H and O–H groups in total. The summed E-state index contributed by atoms with van der Waals surface area (Å²) in [5.74, 6) is 0.240. The second-order valence-electron chi connectivity index (χ2n) is 12.1. The molecule has 0 unspecified atom stereocenters. The number of anilines is 1. The average molecular weight is 632 g/mol. The van der Waals surface area contributed by atoms with Gasteiger partial charge >= 0.3 is 12.2 Å². The number of urea groups is 1. The summed E-state index contributed by atoms with van der Waals surface area (Å²) >= 11 is 0. The van der Waals surface area contributed by atoms with Gasteiger partial charge in [-0.2, -0.15) is 13.2 Å². The molecule has 9 nitrogen and oxygen atoms in total. The molecule has 1 saturated carbocycles. The van der Waals surface area contributed by atoms with E-state index in [-0.39, 0.29) is 68.8 Å². The van der Waals surface area contributed by atoms with Crippen LogP contribution in [0.4, 0.5) is 28.0 Å². The Kier molecular flexibility index (Phi) is 10.1. The monoisotopic (exact) mass is 631 g/mol. The third-order valence-corrected chi connectivity index (χ3v) is 11.1. The molecule has 240 valence electrons. The summed E-state index contributed by atoms with van der Waals surface area (Å²) in [6.45, 7) is 3.01. The SMILES string of the molecule is Cc1cc(N(CCF)C(N)=O)cc(C)c1CCS(=O)(=O)N1CCC2(CC1)N=C(C1CCC(CCC(F)(F)F)CC1)NC2=O. The van der Waals surface area contributed by atoms with Gasteiger partial charge in [0.25, 0.3) is 5.91 Å². The topological polar surface area (TPSA) is 125 Å². The molecule has 1 aromatic rings. The molecule has 2 aliphatic heterocycles. The van der Waals surface area contributed by atoms with Crippen molar-refractivity contribution in [3.8, 4) is 0 Å². The van der Waals surface area contributed by atoms with Crippen LogP contribution in [0.3, 0.4) is 0 Å². The highest BCUT2D eigenvalue weighted by atomic mass is 32.2. The summed E-state index contributed by atoms with van der Waals surface area (Å²) in [6.07, 6.45) is -1.35. The predicted molar refractivity (Wildman–Crippen MR) is 156 cm³/mol. The normalized spacial score (nSPS) is 22.8. The van der Waals surface area contributed by atoms with Crippen LogP contribution in [-0.2, 0) is 21.2 Å². The van der Waals surface area contributed by atoms with E-state index in [9.17, 15) is 35.6 Å². The average Bonchev–Trinajstić information content (AvgIpc) is 3.24. The van der Waals surface area contributed by atoms with Crippen LogP contribution in [0.5, 0.6) is 0 Å². The number of aliphatic imine (C=N–C) groups is 1. The van der Waals surface area contributed by atoms with Crippen LogP contribution in [0.15, 0.2) is 17.1 Å². The smallest absolute Gasteiger partial charge is 0.351 e. The van der Waals surface area contributed by atoms with Gasteiger partial charge in [-0.1, -0.05) is 0 Å². The van der Waals surface area contributed by atoms with E-state index in [4.69, 9.17) is 10.7 Å². The Labute approximate surface area is 250 Å². The predicted octanol–water partition coefficient (Wildman–Crippen LogP) is 4.54. The van der Waals surface area contributed by atoms with Crippen molar-refractivity contribution >= 4 is 33.5 Å². The first-order valence-electron chi connectivity index (χ1n) is 14.8. The highest BCUT2D eigenvalue weighted by Gasteiger charge is 2.48. The fourth-order valence-electron chi connectivity index (χ4n) is 6.63. The number of amidine groups is 1. The van der Waals surface area contributed by atoms with E-state index >= 15 is 0 Å². The number of amides is 3. The zero-order valence-electron chi connectivity index (χ0n) is 24.7. The van der Waals surface area contributed by atoms with E-state index in [1.165, 1.54) is 4.31 Å². The Morgan fingerprint density at radius 1 is 1.14 bits per heavy atom. The number of hydrogen-bond acceptors (Lipinski definition) is 5. The summed E-state index contributed by atoms with van der Waals surface area (Å²) in [5, 5.41) is 2.91. The quantitative estimate of drug-likeness (QED) is 0.368. The zero-order valence-corrected chi connectivity index (χ0v) is 25.5. The Bertz CT molecular complexity index is 1310. The number of nitrogens with zero attached hydrogens (tertiary/aromatic N) is 3. The Morgan fingerprint density at radius 3 is 2.28 bits per heavy atom. The number of alkyl halides is 4. The van der Waals surface area contributed by atoms with Crippen LogP contribution in [0, 0.1) is 25.7 Å². The molecular formula is C29H41F4N5O4S. The van der Waals surface area contributed by atoms with Crippen LogP contribution < -0.4 is 16.0 Å². The number of nitrogens with two attached hydrogens (primary N) is 1. The van der Waals surface area contributed by atoms with Crippen molar-refractivity contribution in [2.24, 2.45) is 22.6 Å². The van der Waals surface area contributed by atoms with Gasteiger partial charge in [0.05, 0.1) is 12.3 Å². The van der Waals surface area contributed by atoms with Crippen molar-refractivity contribution in [3.63, 3.8) is 0 Å². The molecule has 0 atom stereocenters. The van der Waals surface area contributed by atoms with Crippen molar-refractivity contribution in [1.29, 1.82) is 0 Å². The molecule has 0 bridgehead atoms. The van der Waals surface area contributed by atoms with Crippen molar-refractivity contribution in [2.45, 2.75) is 83.4 Å². The number of benzene rings is 1.